The highest BCUT2D eigenvalue weighted by molar-refractivity contribution is 5.90. The monoisotopic (exact) mass is 485 g/mol. The zero-order valence-electron chi connectivity index (χ0n) is 19.0. The third-order valence-electron chi connectivity index (χ3n) is 6.40. The van der Waals surface area contributed by atoms with Crippen molar-refractivity contribution in [2.45, 2.75) is 44.4 Å². The van der Waals surface area contributed by atoms with Gasteiger partial charge in [-0.2, -0.15) is 0 Å². The van der Waals surface area contributed by atoms with Crippen LogP contribution in [0.4, 0.5) is 14.9 Å². The number of ether oxygens (including phenoxy) is 3. The molecule has 2 aromatic rings. The average Bonchev–Trinajstić information content (AvgIpc) is 3.54. The Morgan fingerprint density at radius 1 is 1.26 bits per heavy atom. The van der Waals surface area contributed by atoms with Gasteiger partial charge in [0.2, 0.25) is 0 Å². The Morgan fingerprint density at radius 3 is 2.83 bits per heavy atom. The number of carbonyl (C=O) groups excluding carboxylic acids is 3. The molecule has 0 aliphatic carbocycles. The van der Waals surface area contributed by atoms with Crippen LogP contribution in [-0.4, -0.2) is 66.0 Å². The van der Waals surface area contributed by atoms with Crippen molar-refractivity contribution in [2.75, 3.05) is 24.7 Å². The molecule has 3 aliphatic heterocycles. The van der Waals surface area contributed by atoms with Gasteiger partial charge >= 0.3 is 12.1 Å². The fourth-order valence-electron chi connectivity index (χ4n) is 4.86. The number of nitrogens with zero attached hydrogens (tertiary/aromatic N) is 3. The molecule has 0 spiro atoms. The van der Waals surface area contributed by atoms with Crippen molar-refractivity contribution < 1.29 is 37.5 Å². The van der Waals surface area contributed by atoms with E-state index in [-0.39, 0.29) is 43.6 Å². The van der Waals surface area contributed by atoms with Gasteiger partial charge in [0.1, 0.15) is 18.7 Å². The minimum atomic E-state index is -0.581. The van der Waals surface area contributed by atoms with Crippen LogP contribution in [0.15, 0.2) is 41.1 Å². The number of anilines is 1. The predicted octanol–water partition coefficient (Wildman–Crippen LogP) is 2.93. The molecule has 3 unspecified atom stereocenters. The maximum absolute atomic E-state index is 15.2. The lowest BCUT2D eigenvalue weighted by atomic mass is 9.94. The van der Waals surface area contributed by atoms with Gasteiger partial charge in [0.05, 0.1) is 18.3 Å². The molecule has 0 saturated carbocycles. The van der Waals surface area contributed by atoms with Crippen LogP contribution in [0.1, 0.15) is 31.7 Å². The van der Waals surface area contributed by atoms with Crippen LogP contribution >= 0.6 is 0 Å². The first-order valence-electron chi connectivity index (χ1n) is 11.4. The minimum absolute atomic E-state index is 0.0684. The standard InChI is InChI=1S/C24H24FN3O7/c1-14(29)32-13-23(30)28-17-2-3-18(28)9-15(8-17)20-5-4-16(10-21(20)25)27-11-19(35-24(27)31)12-33-22-6-7-34-26-22/h4-8,10,17-19H,2-3,9,11-13H2,1H3. The normalized spacial score (nSPS) is 23.2. The van der Waals surface area contributed by atoms with Crippen molar-refractivity contribution >= 4 is 29.2 Å². The number of halogens is 1. The van der Waals surface area contributed by atoms with Crippen molar-refractivity contribution in [3.05, 3.63) is 48.0 Å². The molecule has 1 aromatic heterocycles. The topological polar surface area (TPSA) is 111 Å². The lowest BCUT2D eigenvalue weighted by Crippen LogP contribution is -2.44. The van der Waals surface area contributed by atoms with Crippen molar-refractivity contribution in [3.8, 4) is 5.88 Å². The number of rotatable bonds is 7. The number of carbonyl (C=O) groups is 3. The predicted molar refractivity (Wildman–Crippen MR) is 119 cm³/mol. The number of amides is 2. The van der Waals surface area contributed by atoms with E-state index in [0.717, 1.165) is 18.4 Å². The molecule has 2 bridgehead atoms. The van der Waals surface area contributed by atoms with E-state index >= 15 is 4.39 Å². The number of benzene rings is 1. The van der Waals surface area contributed by atoms with Gasteiger partial charge in [-0.3, -0.25) is 14.5 Å². The Bertz CT molecular complexity index is 1170. The second-order valence-electron chi connectivity index (χ2n) is 8.71. The first kappa shape index (κ1) is 22.9. The first-order valence-corrected chi connectivity index (χ1v) is 11.4. The fourth-order valence-corrected chi connectivity index (χ4v) is 4.86. The summed E-state index contributed by atoms with van der Waals surface area (Å²) in [7, 11) is 0. The number of aromatic nitrogens is 1. The summed E-state index contributed by atoms with van der Waals surface area (Å²) in [6.07, 6.45) is 4.25. The Kier molecular flexibility index (Phi) is 6.14. The Labute approximate surface area is 200 Å². The minimum Gasteiger partial charge on any atom is -0.471 e. The van der Waals surface area contributed by atoms with E-state index in [1.165, 1.54) is 24.2 Å². The highest BCUT2D eigenvalue weighted by Crippen LogP contribution is 2.40. The maximum atomic E-state index is 15.2. The van der Waals surface area contributed by atoms with Gasteiger partial charge in [0, 0.05) is 24.6 Å². The molecule has 3 atom stereocenters. The SMILES string of the molecule is CC(=O)OCC(=O)N1C2C=C(c3ccc(N4CC(COc5ccon5)OC4=O)cc3F)CC1CC2. The highest BCUT2D eigenvalue weighted by atomic mass is 19.1. The molecular weight excluding hydrogens is 461 g/mol. The lowest BCUT2D eigenvalue weighted by molar-refractivity contribution is -0.151. The molecule has 184 valence electrons. The van der Waals surface area contributed by atoms with Crippen LogP contribution in [0.2, 0.25) is 0 Å². The molecule has 3 aliphatic rings. The van der Waals surface area contributed by atoms with E-state index in [4.69, 9.17) is 18.7 Å². The van der Waals surface area contributed by atoms with Crippen molar-refractivity contribution in [1.82, 2.24) is 10.1 Å². The van der Waals surface area contributed by atoms with Gasteiger partial charge in [0.15, 0.2) is 12.7 Å². The molecule has 2 amide bonds. The van der Waals surface area contributed by atoms with Gasteiger partial charge in [0.25, 0.3) is 11.8 Å². The maximum Gasteiger partial charge on any atom is 0.414 e. The van der Waals surface area contributed by atoms with Gasteiger partial charge in [-0.15, -0.1) is 0 Å². The van der Waals surface area contributed by atoms with Crippen molar-refractivity contribution in [1.29, 1.82) is 0 Å². The summed E-state index contributed by atoms with van der Waals surface area (Å²) in [6.45, 7) is 1.28. The van der Waals surface area contributed by atoms with Crippen LogP contribution in [0.3, 0.4) is 0 Å². The second kappa shape index (κ2) is 9.40. The molecule has 4 heterocycles. The summed E-state index contributed by atoms with van der Waals surface area (Å²) in [5, 5.41) is 3.64. The van der Waals surface area contributed by atoms with E-state index in [0.29, 0.717) is 17.7 Å². The summed E-state index contributed by atoms with van der Waals surface area (Å²) in [6, 6.07) is 5.97. The Morgan fingerprint density at radius 2 is 2.11 bits per heavy atom. The van der Waals surface area contributed by atoms with Crippen LogP contribution in [-0.2, 0) is 19.1 Å². The molecular formula is C24H24FN3O7. The summed E-state index contributed by atoms with van der Waals surface area (Å²) in [4.78, 5) is 39.0. The fraction of sp³-hybridized carbons (Fsp3) is 0.417. The zero-order chi connectivity index (χ0) is 24.5. The third kappa shape index (κ3) is 4.71. The number of fused-ring (bicyclic) bond motifs is 2. The molecule has 0 radical (unpaired) electrons. The van der Waals surface area contributed by atoms with Crippen LogP contribution in [0.25, 0.3) is 5.57 Å². The van der Waals surface area contributed by atoms with Crippen LogP contribution in [0, 0.1) is 5.82 Å². The molecule has 10 nitrogen and oxygen atoms in total. The first-order chi connectivity index (χ1) is 16.9. The summed E-state index contributed by atoms with van der Waals surface area (Å²) >= 11 is 0. The summed E-state index contributed by atoms with van der Waals surface area (Å²) in [5.41, 5.74) is 1.65. The zero-order valence-corrected chi connectivity index (χ0v) is 19.0. The number of hydrogen-bond acceptors (Lipinski definition) is 8. The summed E-state index contributed by atoms with van der Waals surface area (Å²) < 4.78 is 35.5. The number of hydrogen-bond donors (Lipinski definition) is 0. The molecule has 2 saturated heterocycles. The van der Waals surface area contributed by atoms with Gasteiger partial charge in [-0.25, -0.2) is 9.18 Å². The van der Waals surface area contributed by atoms with E-state index in [1.807, 2.05) is 6.08 Å². The number of cyclic esters (lactones) is 1. The van der Waals surface area contributed by atoms with Crippen LogP contribution in [0.5, 0.6) is 5.88 Å². The van der Waals surface area contributed by atoms with Crippen molar-refractivity contribution in [2.24, 2.45) is 0 Å². The van der Waals surface area contributed by atoms with Gasteiger partial charge in [-0.05, 0) is 48.2 Å². The molecule has 1 aromatic carbocycles. The molecule has 2 fully saturated rings. The summed E-state index contributed by atoms with van der Waals surface area (Å²) in [5.74, 6) is -0.913. The van der Waals surface area contributed by atoms with Gasteiger partial charge in [-0.1, -0.05) is 6.08 Å². The van der Waals surface area contributed by atoms with E-state index in [1.54, 1.807) is 23.1 Å². The highest BCUT2D eigenvalue weighted by Gasteiger charge is 2.40. The lowest BCUT2D eigenvalue weighted by Gasteiger charge is -2.34. The van der Waals surface area contributed by atoms with E-state index < -0.39 is 24.0 Å². The third-order valence-corrected chi connectivity index (χ3v) is 6.40. The van der Waals surface area contributed by atoms with E-state index in [2.05, 4.69) is 5.16 Å². The quantitative estimate of drug-likeness (QED) is 0.551. The largest absolute Gasteiger partial charge is 0.471 e. The van der Waals surface area contributed by atoms with Crippen LogP contribution < -0.4 is 9.64 Å². The molecule has 11 heteroatoms. The molecule has 35 heavy (non-hydrogen) atoms. The number of esters is 1. The smallest absolute Gasteiger partial charge is 0.414 e. The molecule has 5 rings (SSSR count). The van der Waals surface area contributed by atoms with Gasteiger partial charge < -0.3 is 23.6 Å². The van der Waals surface area contributed by atoms with E-state index in [9.17, 15) is 14.4 Å². The Hall–Kier alpha value is -3.89. The Balaban J connectivity index is 1.26. The molecule has 0 N–H and O–H groups in total. The average molecular weight is 485 g/mol. The second-order valence-corrected chi connectivity index (χ2v) is 8.71. The van der Waals surface area contributed by atoms with Crippen molar-refractivity contribution in [3.63, 3.8) is 0 Å².